The van der Waals surface area contributed by atoms with Crippen LogP contribution in [0.3, 0.4) is 0 Å². The number of hydrogen-bond donors (Lipinski definition) is 1. The van der Waals surface area contributed by atoms with Crippen molar-refractivity contribution in [2.24, 2.45) is 16.7 Å². The molecule has 7 heteroatoms. The third-order valence-electron chi connectivity index (χ3n) is 7.91. The van der Waals surface area contributed by atoms with Crippen LogP contribution in [0.5, 0.6) is 0 Å². The third-order valence-corrected chi connectivity index (χ3v) is 7.91. The number of esters is 1. The molecule has 1 saturated heterocycles. The fourth-order valence-corrected chi connectivity index (χ4v) is 5.32. The van der Waals surface area contributed by atoms with Gasteiger partial charge in [-0.1, -0.05) is 51.1 Å². The van der Waals surface area contributed by atoms with E-state index in [2.05, 4.69) is 5.32 Å². The predicted molar refractivity (Wildman–Crippen MR) is 127 cm³/mol. The van der Waals surface area contributed by atoms with E-state index in [4.69, 9.17) is 4.74 Å². The van der Waals surface area contributed by atoms with E-state index >= 15 is 0 Å². The van der Waals surface area contributed by atoms with E-state index < -0.39 is 28.7 Å². The Morgan fingerprint density at radius 2 is 1.71 bits per heavy atom. The van der Waals surface area contributed by atoms with Gasteiger partial charge in [-0.2, -0.15) is 0 Å². The molecule has 1 heterocycles. The second kappa shape index (κ2) is 8.70. The monoisotopic (exact) mass is 462 g/mol. The fraction of sp³-hybridized carbons (Fsp3) is 0.407. The minimum absolute atomic E-state index is 0.216. The number of nitrogens with zero attached hydrogens (tertiary/aromatic N) is 1. The molecular weight excluding hydrogens is 432 g/mol. The number of carbonyl (C=O) groups excluding carboxylic acids is 4. The first-order valence-corrected chi connectivity index (χ1v) is 11.5. The number of benzene rings is 2. The number of amides is 3. The van der Waals surface area contributed by atoms with Crippen molar-refractivity contribution < 1.29 is 23.9 Å². The second-order valence-electron chi connectivity index (χ2n) is 9.92. The molecule has 1 aliphatic carbocycles. The van der Waals surface area contributed by atoms with Crippen LogP contribution < -0.4 is 5.32 Å². The highest BCUT2D eigenvalue weighted by Crippen LogP contribution is 2.60. The number of imide groups is 1. The van der Waals surface area contributed by atoms with Crippen LogP contribution in [-0.4, -0.2) is 41.7 Å². The molecule has 7 nitrogen and oxygen atoms in total. The summed E-state index contributed by atoms with van der Waals surface area (Å²) in [5, 5.41) is 2.83. The number of anilines is 1. The highest BCUT2D eigenvalue weighted by Gasteiger charge is 2.65. The summed E-state index contributed by atoms with van der Waals surface area (Å²) in [6.07, 6.45) is 1.48. The van der Waals surface area contributed by atoms with Gasteiger partial charge in [0.2, 0.25) is 17.7 Å². The third kappa shape index (κ3) is 3.79. The van der Waals surface area contributed by atoms with Crippen LogP contribution in [0.25, 0.3) is 0 Å². The van der Waals surface area contributed by atoms with E-state index in [-0.39, 0.29) is 24.2 Å². The van der Waals surface area contributed by atoms with Crippen LogP contribution in [0, 0.1) is 16.7 Å². The van der Waals surface area contributed by atoms with E-state index in [0.29, 0.717) is 24.1 Å². The van der Waals surface area contributed by atoms with E-state index in [1.54, 1.807) is 24.3 Å². The van der Waals surface area contributed by atoms with Crippen LogP contribution in [0.2, 0.25) is 0 Å². The maximum absolute atomic E-state index is 13.7. The maximum atomic E-state index is 13.7. The molecule has 178 valence electrons. The molecule has 3 atom stereocenters. The molecule has 34 heavy (non-hydrogen) atoms. The Morgan fingerprint density at radius 1 is 1.06 bits per heavy atom. The quantitative estimate of drug-likeness (QED) is 0.520. The SMILES string of the molecule is COC(=O)c1ccc(NC(=O)C(Cc2ccccc2)N2C(=O)C3CCC(C)(C2=O)C3(C)C)cc1. The predicted octanol–water partition coefficient (Wildman–Crippen LogP) is 3.83. The topological polar surface area (TPSA) is 92.8 Å². The van der Waals surface area contributed by atoms with Crippen molar-refractivity contribution in [1.82, 2.24) is 4.90 Å². The average Bonchev–Trinajstić information content (AvgIpc) is 3.01. The largest absolute Gasteiger partial charge is 0.465 e. The first-order chi connectivity index (χ1) is 16.1. The van der Waals surface area contributed by atoms with Crippen molar-refractivity contribution in [1.29, 1.82) is 0 Å². The van der Waals surface area contributed by atoms with Gasteiger partial charge in [-0.05, 0) is 48.1 Å². The molecule has 2 aliphatic rings. The minimum atomic E-state index is -0.987. The molecule has 1 aliphatic heterocycles. The fourth-order valence-electron chi connectivity index (χ4n) is 5.32. The molecule has 0 aromatic heterocycles. The molecule has 2 bridgehead atoms. The van der Waals surface area contributed by atoms with Gasteiger partial charge in [0.25, 0.3) is 0 Å². The molecule has 1 N–H and O–H groups in total. The molecular formula is C27H30N2O5. The van der Waals surface area contributed by atoms with Crippen molar-refractivity contribution in [2.75, 3.05) is 12.4 Å². The van der Waals surface area contributed by atoms with Crippen molar-refractivity contribution in [3.05, 3.63) is 65.7 Å². The normalized spacial score (nSPS) is 24.0. The lowest BCUT2D eigenvalue weighted by Crippen LogP contribution is -2.64. The van der Waals surface area contributed by atoms with Gasteiger partial charge < -0.3 is 10.1 Å². The molecule has 0 radical (unpaired) electrons. The number of nitrogens with one attached hydrogen (secondary N) is 1. The summed E-state index contributed by atoms with van der Waals surface area (Å²) >= 11 is 0. The average molecular weight is 463 g/mol. The van der Waals surface area contributed by atoms with Gasteiger partial charge in [-0.3, -0.25) is 19.3 Å². The Bertz CT molecular complexity index is 1130. The number of hydrogen-bond acceptors (Lipinski definition) is 5. The summed E-state index contributed by atoms with van der Waals surface area (Å²) in [6.45, 7) is 5.87. The number of piperidine rings is 1. The summed E-state index contributed by atoms with van der Waals surface area (Å²) < 4.78 is 4.71. The van der Waals surface area contributed by atoms with Gasteiger partial charge in [0.15, 0.2) is 0 Å². The molecule has 3 amide bonds. The molecule has 1 saturated carbocycles. The molecule has 2 aromatic carbocycles. The van der Waals surface area contributed by atoms with E-state index in [1.165, 1.54) is 12.0 Å². The first kappa shape index (κ1) is 23.7. The zero-order chi connectivity index (χ0) is 24.7. The number of rotatable bonds is 6. The van der Waals surface area contributed by atoms with E-state index in [9.17, 15) is 19.2 Å². The Morgan fingerprint density at radius 3 is 2.32 bits per heavy atom. The Labute approximate surface area is 199 Å². The van der Waals surface area contributed by atoms with Crippen LogP contribution in [-0.2, 0) is 25.5 Å². The van der Waals surface area contributed by atoms with Gasteiger partial charge in [0.05, 0.1) is 18.1 Å². The number of likely N-dealkylation sites (tertiary alicyclic amines) is 1. The highest BCUT2D eigenvalue weighted by atomic mass is 16.5. The Hall–Kier alpha value is -3.48. The maximum Gasteiger partial charge on any atom is 0.337 e. The van der Waals surface area contributed by atoms with Crippen LogP contribution in [0.4, 0.5) is 5.69 Å². The van der Waals surface area contributed by atoms with Gasteiger partial charge >= 0.3 is 5.97 Å². The summed E-state index contributed by atoms with van der Waals surface area (Å²) in [5.41, 5.74) is 0.501. The summed E-state index contributed by atoms with van der Waals surface area (Å²) in [7, 11) is 1.30. The highest BCUT2D eigenvalue weighted by molar-refractivity contribution is 6.09. The summed E-state index contributed by atoms with van der Waals surface area (Å²) in [4.78, 5) is 53.8. The van der Waals surface area contributed by atoms with Crippen molar-refractivity contribution in [2.45, 2.75) is 46.1 Å². The van der Waals surface area contributed by atoms with Crippen molar-refractivity contribution in [3.63, 3.8) is 0 Å². The molecule has 4 rings (SSSR count). The summed E-state index contributed by atoms with van der Waals surface area (Å²) in [6, 6.07) is 14.7. The van der Waals surface area contributed by atoms with Crippen molar-refractivity contribution in [3.8, 4) is 0 Å². The summed E-state index contributed by atoms with van der Waals surface area (Å²) in [5.74, 6) is -1.79. The van der Waals surface area contributed by atoms with Crippen LogP contribution >= 0.6 is 0 Å². The number of ether oxygens (including phenoxy) is 1. The zero-order valence-corrected chi connectivity index (χ0v) is 20.0. The molecule has 2 fully saturated rings. The van der Waals surface area contributed by atoms with Crippen LogP contribution in [0.15, 0.2) is 54.6 Å². The van der Waals surface area contributed by atoms with Crippen molar-refractivity contribution >= 4 is 29.4 Å². The minimum Gasteiger partial charge on any atom is -0.465 e. The van der Waals surface area contributed by atoms with Gasteiger partial charge in [0.1, 0.15) is 6.04 Å². The van der Waals surface area contributed by atoms with E-state index in [0.717, 1.165) is 5.56 Å². The lowest BCUT2D eigenvalue weighted by molar-refractivity contribution is -0.172. The number of carbonyl (C=O) groups is 4. The molecule has 0 spiro atoms. The molecule has 3 unspecified atom stereocenters. The molecule has 2 aromatic rings. The van der Waals surface area contributed by atoms with Crippen LogP contribution in [0.1, 0.15) is 49.5 Å². The first-order valence-electron chi connectivity index (χ1n) is 11.5. The lowest BCUT2D eigenvalue weighted by atomic mass is 9.62. The second-order valence-corrected chi connectivity index (χ2v) is 9.92. The smallest absolute Gasteiger partial charge is 0.337 e. The number of fused-ring (bicyclic) bond motifs is 2. The number of methoxy groups -OCH3 is 1. The lowest BCUT2D eigenvalue weighted by Gasteiger charge is -2.49. The van der Waals surface area contributed by atoms with Gasteiger partial charge in [0, 0.05) is 18.0 Å². The standard InChI is InChI=1S/C27H30N2O5/c1-26(2)20-14-15-27(26,3)25(33)29(23(20)31)21(16-17-8-6-5-7-9-17)22(30)28-19-12-10-18(11-13-19)24(32)34-4/h5-13,20-21H,14-16H2,1-4H3,(H,28,30). The van der Waals surface area contributed by atoms with Gasteiger partial charge in [-0.15, -0.1) is 0 Å². The Kier molecular flexibility index (Phi) is 6.06. The zero-order valence-electron chi connectivity index (χ0n) is 20.0. The van der Waals surface area contributed by atoms with Gasteiger partial charge in [-0.25, -0.2) is 4.79 Å². The van der Waals surface area contributed by atoms with E-state index in [1.807, 2.05) is 51.1 Å². The Balaban J connectivity index is 1.66.